The zero-order valence-electron chi connectivity index (χ0n) is 14.8. The molecule has 0 radical (unpaired) electrons. The zero-order chi connectivity index (χ0) is 20.3. The van der Waals surface area contributed by atoms with Crippen LogP contribution in [0.3, 0.4) is 0 Å². The Balaban J connectivity index is 1.80. The molecule has 0 atom stereocenters. The van der Waals surface area contributed by atoms with Gasteiger partial charge in [0, 0.05) is 31.2 Å². The van der Waals surface area contributed by atoms with Crippen LogP contribution in [-0.4, -0.2) is 25.8 Å². The number of hydrogen-bond donors (Lipinski definition) is 2. The van der Waals surface area contributed by atoms with E-state index in [1.807, 2.05) is 0 Å². The van der Waals surface area contributed by atoms with Crippen molar-refractivity contribution in [1.82, 2.24) is 19.7 Å². The van der Waals surface area contributed by atoms with Gasteiger partial charge >= 0.3 is 12.3 Å². The van der Waals surface area contributed by atoms with E-state index in [0.717, 1.165) is 12.3 Å². The summed E-state index contributed by atoms with van der Waals surface area (Å²) in [6.07, 6.45) is -1.81. The second kappa shape index (κ2) is 7.55. The largest absolute Gasteiger partial charge is 0.419 e. The number of rotatable bonds is 4. The molecule has 0 fully saturated rings. The zero-order valence-corrected chi connectivity index (χ0v) is 14.8. The lowest BCUT2D eigenvalue weighted by atomic mass is 10.2. The Bertz CT molecular complexity index is 1000. The molecule has 0 unspecified atom stereocenters. The Hall–Kier alpha value is -3.63. The fourth-order valence-electron chi connectivity index (χ4n) is 2.22. The molecule has 3 heterocycles. The SMILES string of the molecule is Cc1ccc(Nc2cncc(C(F)(F)F)c2)c(OC(=O)Nc2ccn(C)n2)n1. The first kappa shape index (κ1) is 19.1. The van der Waals surface area contributed by atoms with Gasteiger partial charge in [-0.2, -0.15) is 18.3 Å². The van der Waals surface area contributed by atoms with Gasteiger partial charge in [0.25, 0.3) is 0 Å². The first-order chi connectivity index (χ1) is 13.2. The molecule has 0 saturated heterocycles. The van der Waals surface area contributed by atoms with Gasteiger partial charge in [0.05, 0.1) is 17.4 Å². The van der Waals surface area contributed by atoms with Crippen molar-refractivity contribution in [2.75, 3.05) is 10.6 Å². The number of carbonyl (C=O) groups is 1. The number of hydrogen-bond acceptors (Lipinski definition) is 6. The molecule has 3 aromatic heterocycles. The smallest absolute Gasteiger partial charge is 0.389 e. The van der Waals surface area contributed by atoms with Crippen molar-refractivity contribution in [2.24, 2.45) is 7.05 Å². The van der Waals surface area contributed by atoms with Crippen LogP contribution in [0.25, 0.3) is 0 Å². The Morgan fingerprint density at radius 2 is 2.00 bits per heavy atom. The average Bonchev–Trinajstić information content (AvgIpc) is 3.01. The highest BCUT2D eigenvalue weighted by molar-refractivity contribution is 5.86. The van der Waals surface area contributed by atoms with Crippen molar-refractivity contribution in [2.45, 2.75) is 13.1 Å². The third-order valence-electron chi connectivity index (χ3n) is 3.48. The summed E-state index contributed by atoms with van der Waals surface area (Å²) in [5.74, 6) is 0.169. The normalized spacial score (nSPS) is 11.2. The lowest BCUT2D eigenvalue weighted by Crippen LogP contribution is -2.18. The monoisotopic (exact) mass is 392 g/mol. The molecule has 8 nitrogen and oxygen atoms in total. The van der Waals surface area contributed by atoms with Crippen molar-refractivity contribution in [1.29, 1.82) is 0 Å². The predicted molar refractivity (Wildman–Crippen MR) is 94.4 cm³/mol. The van der Waals surface area contributed by atoms with Gasteiger partial charge in [-0.3, -0.25) is 15.0 Å². The molecule has 0 aliphatic carbocycles. The summed E-state index contributed by atoms with van der Waals surface area (Å²) in [6, 6.07) is 5.61. The van der Waals surface area contributed by atoms with Crippen LogP contribution in [0.5, 0.6) is 5.88 Å². The number of nitrogens with zero attached hydrogens (tertiary/aromatic N) is 4. The molecule has 0 aliphatic heterocycles. The van der Waals surface area contributed by atoms with E-state index in [1.165, 1.54) is 16.9 Å². The number of amides is 1. The number of nitrogens with one attached hydrogen (secondary N) is 2. The maximum atomic E-state index is 12.9. The van der Waals surface area contributed by atoms with Crippen LogP contribution in [0.2, 0.25) is 0 Å². The Morgan fingerprint density at radius 1 is 1.21 bits per heavy atom. The topological polar surface area (TPSA) is 94.0 Å². The molecule has 0 saturated carbocycles. The van der Waals surface area contributed by atoms with Crippen LogP contribution in [0.4, 0.5) is 35.2 Å². The summed E-state index contributed by atoms with van der Waals surface area (Å²) < 4.78 is 45.3. The van der Waals surface area contributed by atoms with Crippen LogP contribution in [0, 0.1) is 6.92 Å². The van der Waals surface area contributed by atoms with Crippen molar-refractivity contribution in [3.8, 4) is 5.88 Å². The summed E-state index contributed by atoms with van der Waals surface area (Å²) in [5.41, 5.74) is -0.0976. The van der Waals surface area contributed by atoms with Gasteiger partial charge in [-0.1, -0.05) is 0 Å². The third kappa shape index (κ3) is 4.75. The van der Waals surface area contributed by atoms with Crippen LogP contribution in [0.15, 0.2) is 42.9 Å². The van der Waals surface area contributed by atoms with E-state index in [4.69, 9.17) is 4.74 Å². The van der Waals surface area contributed by atoms with Crippen molar-refractivity contribution in [3.63, 3.8) is 0 Å². The molecule has 0 bridgehead atoms. The Kier molecular flexibility index (Phi) is 5.16. The fourth-order valence-corrected chi connectivity index (χ4v) is 2.22. The molecule has 0 aliphatic rings. The molecule has 1 amide bonds. The first-order valence-corrected chi connectivity index (χ1v) is 7.96. The molecule has 28 heavy (non-hydrogen) atoms. The van der Waals surface area contributed by atoms with Gasteiger partial charge in [0.15, 0.2) is 5.82 Å². The van der Waals surface area contributed by atoms with Crippen molar-refractivity contribution < 1.29 is 22.7 Å². The third-order valence-corrected chi connectivity index (χ3v) is 3.48. The number of pyridine rings is 2. The molecule has 3 aromatic rings. The highest BCUT2D eigenvalue weighted by Gasteiger charge is 2.31. The summed E-state index contributed by atoms with van der Waals surface area (Å²) in [4.78, 5) is 19.8. The quantitative estimate of drug-likeness (QED) is 0.700. The highest BCUT2D eigenvalue weighted by Crippen LogP contribution is 2.32. The minimum absolute atomic E-state index is 0.0652. The van der Waals surface area contributed by atoms with E-state index in [1.54, 1.807) is 32.3 Å². The number of anilines is 3. The van der Waals surface area contributed by atoms with Gasteiger partial charge in [-0.15, -0.1) is 0 Å². The minimum Gasteiger partial charge on any atom is -0.389 e. The molecule has 146 valence electrons. The number of carbonyl (C=O) groups excluding carboxylic acids is 1. The molecule has 2 N–H and O–H groups in total. The van der Waals surface area contributed by atoms with Gasteiger partial charge in [-0.05, 0) is 25.1 Å². The van der Waals surface area contributed by atoms with Crippen molar-refractivity contribution >= 4 is 23.3 Å². The standard InChI is InChI=1S/C17H15F3N6O2/c1-10-3-4-13(23-12-7-11(8-21-9-12)17(18,19)20)15(22-10)28-16(27)24-14-5-6-26(2)25-14/h3-9,23H,1-2H3,(H,24,25,27). The van der Waals surface area contributed by atoms with E-state index >= 15 is 0 Å². The molecule has 0 spiro atoms. The number of aryl methyl sites for hydroxylation is 2. The molecule has 11 heteroatoms. The predicted octanol–water partition coefficient (Wildman–Crippen LogP) is 3.89. The fraction of sp³-hybridized carbons (Fsp3) is 0.176. The van der Waals surface area contributed by atoms with Gasteiger partial charge in [0.1, 0.15) is 5.69 Å². The number of halogens is 3. The van der Waals surface area contributed by atoms with Gasteiger partial charge < -0.3 is 10.1 Å². The average molecular weight is 392 g/mol. The van der Waals surface area contributed by atoms with E-state index < -0.39 is 17.8 Å². The van der Waals surface area contributed by atoms with E-state index in [9.17, 15) is 18.0 Å². The van der Waals surface area contributed by atoms with Crippen LogP contribution in [0.1, 0.15) is 11.3 Å². The van der Waals surface area contributed by atoms with E-state index in [2.05, 4.69) is 25.7 Å². The lowest BCUT2D eigenvalue weighted by Gasteiger charge is -2.13. The van der Waals surface area contributed by atoms with E-state index in [0.29, 0.717) is 5.69 Å². The van der Waals surface area contributed by atoms with Crippen LogP contribution < -0.4 is 15.4 Å². The second-order valence-electron chi connectivity index (χ2n) is 5.78. The van der Waals surface area contributed by atoms with Crippen LogP contribution in [-0.2, 0) is 13.2 Å². The number of alkyl halides is 3. The van der Waals surface area contributed by atoms with Crippen molar-refractivity contribution in [3.05, 3.63) is 54.1 Å². The van der Waals surface area contributed by atoms with Crippen LogP contribution >= 0.6 is 0 Å². The Morgan fingerprint density at radius 3 is 2.68 bits per heavy atom. The molecular weight excluding hydrogens is 377 g/mol. The molecule has 3 rings (SSSR count). The van der Waals surface area contributed by atoms with E-state index in [-0.39, 0.29) is 23.1 Å². The Labute approximate surface area is 157 Å². The molecule has 0 aromatic carbocycles. The highest BCUT2D eigenvalue weighted by atomic mass is 19.4. The molecular formula is C17H15F3N6O2. The maximum absolute atomic E-state index is 12.9. The maximum Gasteiger partial charge on any atom is 0.419 e. The summed E-state index contributed by atoms with van der Waals surface area (Å²) in [5, 5.41) is 9.15. The number of aromatic nitrogens is 4. The summed E-state index contributed by atoms with van der Waals surface area (Å²) in [7, 11) is 1.68. The first-order valence-electron chi connectivity index (χ1n) is 7.96. The lowest BCUT2D eigenvalue weighted by molar-refractivity contribution is -0.137. The number of ether oxygens (including phenoxy) is 1. The minimum atomic E-state index is -4.53. The van der Waals surface area contributed by atoms with Gasteiger partial charge in [0.2, 0.25) is 5.88 Å². The van der Waals surface area contributed by atoms with Gasteiger partial charge in [-0.25, -0.2) is 9.78 Å². The summed E-state index contributed by atoms with van der Waals surface area (Å²) >= 11 is 0. The second-order valence-corrected chi connectivity index (χ2v) is 5.78. The summed E-state index contributed by atoms with van der Waals surface area (Å²) in [6.45, 7) is 1.68.